The Balaban J connectivity index is 1.71. The molecule has 1 aromatic rings. The van der Waals surface area contributed by atoms with Crippen LogP contribution < -0.4 is 5.73 Å². The first-order chi connectivity index (χ1) is 10.6. The number of thiophene rings is 1. The smallest absolute Gasteiger partial charge is 0.191 e. The minimum absolute atomic E-state index is 0.314. The summed E-state index contributed by atoms with van der Waals surface area (Å²) in [5.74, 6) is 0.675. The Morgan fingerprint density at radius 3 is 2.77 bits per heavy atom. The van der Waals surface area contributed by atoms with Gasteiger partial charge in [-0.05, 0) is 31.9 Å². The summed E-state index contributed by atoms with van der Waals surface area (Å²) >= 11 is 1.86. The molecule has 1 aromatic heterocycles. The van der Waals surface area contributed by atoms with E-state index in [0.717, 1.165) is 32.8 Å². The third kappa shape index (κ3) is 3.80. The van der Waals surface area contributed by atoms with Crippen LogP contribution in [0.4, 0.5) is 0 Å². The van der Waals surface area contributed by atoms with E-state index in [9.17, 15) is 0 Å². The van der Waals surface area contributed by atoms with Crippen molar-refractivity contribution < 1.29 is 4.74 Å². The van der Waals surface area contributed by atoms with Crippen LogP contribution in [0.3, 0.4) is 0 Å². The number of rotatable bonds is 5. The van der Waals surface area contributed by atoms with Gasteiger partial charge in [0.05, 0.1) is 25.8 Å². The molecule has 0 spiro atoms. The Morgan fingerprint density at radius 1 is 1.45 bits per heavy atom. The van der Waals surface area contributed by atoms with Crippen LogP contribution in [-0.2, 0) is 4.74 Å². The topological polar surface area (TPSA) is 54.1 Å². The highest BCUT2D eigenvalue weighted by Gasteiger charge is 2.28. The first-order valence-electron chi connectivity index (χ1n) is 8.06. The first kappa shape index (κ1) is 15.8. The molecule has 6 heteroatoms. The number of guanidine groups is 1. The molecule has 2 N–H and O–H groups in total. The molecule has 0 amide bonds. The van der Waals surface area contributed by atoms with Crippen LogP contribution in [0.2, 0.25) is 0 Å². The highest BCUT2D eigenvalue weighted by Crippen LogP contribution is 2.29. The fourth-order valence-electron chi connectivity index (χ4n) is 2.85. The fourth-order valence-corrected chi connectivity index (χ4v) is 3.85. The third-order valence-corrected chi connectivity index (χ3v) is 5.56. The largest absolute Gasteiger partial charge is 0.379 e. The van der Waals surface area contributed by atoms with Gasteiger partial charge in [0.1, 0.15) is 0 Å². The lowest BCUT2D eigenvalue weighted by Gasteiger charge is -2.33. The lowest BCUT2D eigenvalue weighted by molar-refractivity contribution is 0.0186. The molecule has 3 rings (SSSR count). The van der Waals surface area contributed by atoms with Gasteiger partial charge in [0, 0.05) is 35.9 Å². The molecular weight excluding hydrogens is 296 g/mol. The summed E-state index contributed by atoms with van der Waals surface area (Å²) in [6.45, 7) is 6.43. The molecule has 0 radical (unpaired) electrons. The Labute approximate surface area is 136 Å². The van der Waals surface area contributed by atoms with Crippen LogP contribution in [-0.4, -0.2) is 61.7 Å². The standard InChI is InChI=1S/C16H26N4OS/c1-12-3-6-15(22-12)14(20-7-9-21-10-8-20)11-18-16(17)19(2)13-4-5-13/h3,6,13-14H,4-5,7-11H2,1-2H3,(H2,17,18). The number of hydrogen-bond acceptors (Lipinski definition) is 4. The van der Waals surface area contributed by atoms with E-state index >= 15 is 0 Å². The average molecular weight is 322 g/mol. The second-order valence-electron chi connectivity index (χ2n) is 6.15. The molecule has 2 fully saturated rings. The van der Waals surface area contributed by atoms with Gasteiger partial charge in [0.15, 0.2) is 5.96 Å². The van der Waals surface area contributed by atoms with Gasteiger partial charge in [-0.3, -0.25) is 9.89 Å². The monoisotopic (exact) mass is 322 g/mol. The Hall–Kier alpha value is -1.11. The maximum absolute atomic E-state index is 6.16. The SMILES string of the molecule is Cc1ccc(C(CN=C(N)N(C)C2CC2)N2CCOCC2)s1. The van der Waals surface area contributed by atoms with Crippen molar-refractivity contribution in [3.63, 3.8) is 0 Å². The van der Waals surface area contributed by atoms with Crippen molar-refractivity contribution in [2.75, 3.05) is 39.9 Å². The molecule has 2 aliphatic rings. The molecule has 1 atom stereocenters. The van der Waals surface area contributed by atoms with Crippen molar-refractivity contribution in [1.29, 1.82) is 0 Å². The number of hydrogen-bond donors (Lipinski definition) is 1. The second kappa shape index (κ2) is 6.98. The number of morpholine rings is 1. The fraction of sp³-hybridized carbons (Fsp3) is 0.688. The zero-order chi connectivity index (χ0) is 15.5. The van der Waals surface area contributed by atoms with Gasteiger partial charge < -0.3 is 15.4 Å². The van der Waals surface area contributed by atoms with Crippen LogP contribution >= 0.6 is 11.3 Å². The van der Waals surface area contributed by atoms with E-state index < -0.39 is 0 Å². The molecular formula is C16H26N4OS. The van der Waals surface area contributed by atoms with E-state index in [1.165, 1.54) is 22.6 Å². The van der Waals surface area contributed by atoms with Crippen LogP contribution in [0.25, 0.3) is 0 Å². The molecule has 1 saturated heterocycles. The van der Waals surface area contributed by atoms with Gasteiger partial charge in [-0.2, -0.15) is 0 Å². The van der Waals surface area contributed by atoms with E-state index in [1.807, 2.05) is 11.3 Å². The maximum Gasteiger partial charge on any atom is 0.191 e. The molecule has 22 heavy (non-hydrogen) atoms. The van der Waals surface area contributed by atoms with Crippen LogP contribution in [0.5, 0.6) is 0 Å². The molecule has 5 nitrogen and oxygen atoms in total. The van der Waals surface area contributed by atoms with Crippen molar-refractivity contribution in [3.05, 3.63) is 21.9 Å². The van der Waals surface area contributed by atoms with Crippen molar-refractivity contribution >= 4 is 17.3 Å². The lowest BCUT2D eigenvalue weighted by atomic mass is 10.2. The van der Waals surface area contributed by atoms with Gasteiger partial charge in [0.25, 0.3) is 0 Å². The minimum Gasteiger partial charge on any atom is -0.379 e. The number of ether oxygens (including phenoxy) is 1. The third-order valence-electron chi connectivity index (χ3n) is 4.46. The number of nitrogens with zero attached hydrogens (tertiary/aromatic N) is 3. The Kier molecular flexibility index (Phi) is 5.00. The number of aliphatic imine (C=N–C) groups is 1. The van der Waals surface area contributed by atoms with E-state index in [-0.39, 0.29) is 0 Å². The normalized spacial score (nSPS) is 21.8. The van der Waals surface area contributed by atoms with Gasteiger partial charge in [-0.15, -0.1) is 11.3 Å². The Bertz CT molecular complexity index is 520. The van der Waals surface area contributed by atoms with Gasteiger partial charge >= 0.3 is 0 Å². The number of nitrogens with two attached hydrogens (primary N) is 1. The summed E-state index contributed by atoms with van der Waals surface area (Å²) < 4.78 is 5.49. The van der Waals surface area contributed by atoms with E-state index in [4.69, 9.17) is 15.5 Å². The maximum atomic E-state index is 6.16. The van der Waals surface area contributed by atoms with Crippen LogP contribution in [0, 0.1) is 6.92 Å². The molecule has 0 bridgehead atoms. The van der Waals surface area contributed by atoms with Crippen molar-refractivity contribution in [2.45, 2.75) is 31.8 Å². The predicted octanol–water partition coefficient (Wildman–Crippen LogP) is 1.84. The summed E-state index contributed by atoms with van der Waals surface area (Å²) in [5.41, 5.74) is 6.16. The average Bonchev–Trinajstić information content (AvgIpc) is 3.30. The van der Waals surface area contributed by atoms with Crippen LogP contribution in [0.1, 0.15) is 28.6 Å². The molecule has 1 unspecified atom stereocenters. The quantitative estimate of drug-likeness (QED) is 0.664. The summed E-state index contributed by atoms with van der Waals surface area (Å²) in [4.78, 5) is 12.0. The zero-order valence-electron chi connectivity index (χ0n) is 13.5. The second-order valence-corrected chi connectivity index (χ2v) is 7.47. The van der Waals surface area contributed by atoms with Gasteiger partial charge in [0.2, 0.25) is 0 Å². The highest BCUT2D eigenvalue weighted by atomic mass is 32.1. The lowest BCUT2D eigenvalue weighted by Crippen LogP contribution is -2.41. The van der Waals surface area contributed by atoms with E-state index in [2.05, 4.69) is 35.9 Å². The molecule has 1 aliphatic carbocycles. The van der Waals surface area contributed by atoms with Crippen molar-refractivity contribution in [3.8, 4) is 0 Å². The van der Waals surface area contributed by atoms with Crippen LogP contribution in [0.15, 0.2) is 17.1 Å². The molecule has 1 saturated carbocycles. The first-order valence-corrected chi connectivity index (χ1v) is 8.87. The molecule has 1 aliphatic heterocycles. The molecule has 122 valence electrons. The van der Waals surface area contributed by atoms with E-state index in [0.29, 0.717) is 18.0 Å². The predicted molar refractivity (Wildman–Crippen MR) is 91.5 cm³/mol. The minimum atomic E-state index is 0.314. The number of aryl methyl sites for hydroxylation is 1. The van der Waals surface area contributed by atoms with Gasteiger partial charge in [-0.1, -0.05) is 0 Å². The zero-order valence-corrected chi connectivity index (χ0v) is 14.3. The summed E-state index contributed by atoms with van der Waals surface area (Å²) in [6, 6.07) is 5.34. The summed E-state index contributed by atoms with van der Waals surface area (Å²) in [6.07, 6.45) is 2.48. The molecule has 2 heterocycles. The van der Waals surface area contributed by atoms with Gasteiger partial charge in [-0.25, -0.2) is 0 Å². The highest BCUT2D eigenvalue weighted by molar-refractivity contribution is 7.12. The Morgan fingerprint density at radius 2 is 2.18 bits per heavy atom. The summed E-state index contributed by atoms with van der Waals surface area (Å²) in [7, 11) is 2.05. The summed E-state index contributed by atoms with van der Waals surface area (Å²) in [5, 5.41) is 0. The van der Waals surface area contributed by atoms with Crippen molar-refractivity contribution in [2.24, 2.45) is 10.7 Å². The molecule has 0 aromatic carbocycles. The van der Waals surface area contributed by atoms with E-state index in [1.54, 1.807) is 0 Å². The van der Waals surface area contributed by atoms with Crippen molar-refractivity contribution in [1.82, 2.24) is 9.80 Å².